The SMILES string of the molecule is C[C@H]1COC(=O)N1c1ncnc(Cl)n1. The van der Waals surface area contributed by atoms with Crippen LogP contribution in [0, 0.1) is 0 Å². The number of amides is 1. The van der Waals surface area contributed by atoms with Gasteiger partial charge in [0.2, 0.25) is 11.2 Å². The summed E-state index contributed by atoms with van der Waals surface area (Å²) in [4.78, 5) is 23.9. The number of carbonyl (C=O) groups excluding carboxylic acids is 1. The molecule has 0 saturated carbocycles. The van der Waals surface area contributed by atoms with E-state index in [1.165, 1.54) is 11.2 Å². The van der Waals surface area contributed by atoms with Gasteiger partial charge in [0.1, 0.15) is 12.9 Å². The van der Waals surface area contributed by atoms with E-state index in [1.807, 2.05) is 6.92 Å². The zero-order chi connectivity index (χ0) is 10.1. The Morgan fingerprint density at radius 3 is 3.00 bits per heavy atom. The van der Waals surface area contributed by atoms with Gasteiger partial charge >= 0.3 is 6.09 Å². The summed E-state index contributed by atoms with van der Waals surface area (Å²) >= 11 is 5.58. The molecule has 1 aromatic heterocycles. The first-order valence-corrected chi connectivity index (χ1v) is 4.37. The smallest absolute Gasteiger partial charge is 0.417 e. The van der Waals surface area contributed by atoms with Crippen LogP contribution >= 0.6 is 11.6 Å². The number of halogens is 1. The molecule has 0 radical (unpaired) electrons. The quantitative estimate of drug-likeness (QED) is 0.694. The lowest BCUT2D eigenvalue weighted by Crippen LogP contribution is -2.32. The van der Waals surface area contributed by atoms with Crippen molar-refractivity contribution in [3.05, 3.63) is 11.6 Å². The molecular formula is C7H7ClN4O2. The molecular weight excluding hydrogens is 208 g/mol. The van der Waals surface area contributed by atoms with E-state index in [-0.39, 0.29) is 17.3 Å². The van der Waals surface area contributed by atoms with Gasteiger partial charge in [-0.15, -0.1) is 0 Å². The van der Waals surface area contributed by atoms with Gasteiger partial charge in [-0.1, -0.05) is 0 Å². The lowest BCUT2D eigenvalue weighted by Gasteiger charge is -2.14. The van der Waals surface area contributed by atoms with Gasteiger partial charge in [0.05, 0.1) is 6.04 Å². The maximum atomic E-state index is 11.3. The third-order valence-corrected chi connectivity index (χ3v) is 2.01. The molecule has 2 rings (SSSR count). The summed E-state index contributed by atoms with van der Waals surface area (Å²) in [5.41, 5.74) is 0. The standard InChI is InChI=1S/C7H7ClN4O2/c1-4-2-14-7(13)12(4)6-10-3-9-5(8)11-6/h3-4H,2H2,1H3/t4-/m0/s1. The van der Waals surface area contributed by atoms with Crippen molar-refractivity contribution in [1.82, 2.24) is 15.0 Å². The van der Waals surface area contributed by atoms with Crippen LogP contribution in [-0.4, -0.2) is 33.7 Å². The Hall–Kier alpha value is -1.43. The number of anilines is 1. The van der Waals surface area contributed by atoms with Crippen LogP contribution in [0.3, 0.4) is 0 Å². The first-order chi connectivity index (χ1) is 6.68. The summed E-state index contributed by atoms with van der Waals surface area (Å²) in [5.74, 6) is 0.222. The molecule has 0 aliphatic carbocycles. The van der Waals surface area contributed by atoms with Gasteiger partial charge in [-0.2, -0.15) is 4.98 Å². The molecule has 1 saturated heterocycles. The molecule has 1 fully saturated rings. The molecule has 0 unspecified atom stereocenters. The Morgan fingerprint density at radius 2 is 2.43 bits per heavy atom. The Kier molecular flexibility index (Phi) is 2.20. The maximum Gasteiger partial charge on any atom is 0.417 e. The van der Waals surface area contributed by atoms with E-state index < -0.39 is 6.09 Å². The van der Waals surface area contributed by atoms with Crippen molar-refractivity contribution in [3.63, 3.8) is 0 Å². The molecule has 1 aliphatic rings. The minimum absolute atomic E-state index is 0.0573. The van der Waals surface area contributed by atoms with Crippen LogP contribution < -0.4 is 4.90 Å². The van der Waals surface area contributed by atoms with Crippen LogP contribution in [0.5, 0.6) is 0 Å². The van der Waals surface area contributed by atoms with E-state index in [9.17, 15) is 4.79 Å². The van der Waals surface area contributed by atoms with E-state index in [0.29, 0.717) is 6.61 Å². The number of cyclic esters (lactones) is 1. The normalized spacial score (nSPS) is 21.1. The lowest BCUT2D eigenvalue weighted by atomic mass is 10.3. The molecule has 1 aliphatic heterocycles. The molecule has 0 spiro atoms. The van der Waals surface area contributed by atoms with Gasteiger partial charge in [0.15, 0.2) is 0 Å². The molecule has 1 aromatic rings. The second kappa shape index (κ2) is 3.38. The average Bonchev–Trinajstić information content (AvgIpc) is 2.46. The fraction of sp³-hybridized carbons (Fsp3) is 0.429. The predicted molar refractivity (Wildman–Crippen MR) is 48.1 cm³/mol. The third-order valence-electron chi connectivity index (χ3n) is 1.83. The van der Waals surface area contributed by atoms with E-state index >= 15 is 0 Å². The fourth-order valence-corrected chi connectivity index (χ4v) is 1.30. The third kappa shape index (κ3) is 1.48. The Bertz CT molecular complexity index is 372. The van der Waals surface area contributed by atoms with Crippen molar-refractivity contribution in [2.45, 2.75) is 13.0 Å². The minimum atomic E-state index is -0.459. The Labute approximate surface area is 84.9 Å². The van der Waals surface area contributed by atoms with Crippen molar-refractivity contribution in [2.24, 2.45) is 0 Å². The van der Waals surface area contributed by atoms with Crippen molar-refractivity contribution in [1.29, 1.82) is 0 Å². The molecule has 74 valence electrons. The first kappa shape index (κ1) is 9.14. The summed E-state index contributed by atoms with van der Waals surface area (Å²) in [6.45, 7) is 2.17. The highest BCUT2D eigenvalue weighted by atomic mass is 35.5. The van der Waals surface area contributed by atoms with E-state index in [1.54, 1.807) is 0 Å². The number of carbonyl (C=O) groups is 1. The van der Waals surface area contributed by atoms with Crippen molar-refractivity contribution in [2.75, 3.05) is 11.5 Å². The Morgan fingerprint density at radius 1 is 1.64 bits per heavy atom. The molecule has 1 amide bonds. The molecule has 2 heterocycles. The van der Waals surface area contributed by atoms with Gasteiger partial charge in [0.25, 0.3) is 0 Å². The molecule has 0 aromatic carbocycles. The fourth-order valence-electron chi connectivity index (χ4n) is 1.18. The van der Waals surface area contributed by atoms with Crippen molar-refractivity contribution >= 4 is 23.6 Å². The summed E-state index contributed by atoms with van der Waals surface area (Å²) in [7, 11) is 0. The zero-order valence-corrected chi connectivity index (χ0v) is 8.10. The summed E-state index contributed by atoms with van der Waals surface area (Å²) < 4.78 is 4.82. The van der Waals surface area contributed by atoms with Gasteiger partial charge in [0, 0.05) is 0 Å². The largest absolute Gasteiger partial charge is 0.447 e. The first-order valence-electron chi connectivity index (χ1n) is 3.99. The minimum Gasteiger partial charge on any atom is -0.447 e. The highest BCUT2D eigenvalue weighted by Gasteiger charge is 2.33. The molecule has 0 N–H and O–H groups in total. The second-order valence-corrected chi connectivity index (χ2v) is 3.19. The van der Waals surface area contributed by atoms with Gasteiger partial charge in [-0.25, -0.2) is 19.7 Å². The Balaban J connectivity index is 2.34. The number of rotatable bonds is 1. The second-order valence-electron chi connectivity index (χ2n) is 2.85. The highest BCUT2D eigenvalue weighted by Crippen LogP contribution is 2.18. The zero-order valence-electron chi connectivity index (χ0n) is 7.35. The molecule has 0 bridgehead atoms. The molecule has 7 heteroatoms. The van der Waals surface area contributed by atoms with E-state index in [4.69, 9.17) is 16.3 Å². The van der Waals surface area contributed by atoms with Crippen LogP contribution in [0.25, 0.3) is 0 Å². The lowest BCUT2D eigenvalue weighted by molar-refractivity contribution is 0.179. The number of nitrogens with zero attached hydrogens (tertiary/aromatic N) is 4. The van der Waals surface area contributed by atoms with Crippen LogP contribution in [-0.2, 0) is 4.74 Å². The van der Waals surface area contributed by atoms with Crippen LogP contribution in [0.1, 0.15) is 6.92 Å². The van der Waals surface area contributed by atoms with Crippen LogP contribution in [0.15, 0.2) is 6.33 Å². The highest BCUT2D eigenvalue weighted by molar-refractivity contribution is 6.28. The summed E-state index contributed by atoms with van der Waals surface area (Å²) in [6.07, 6.45) is 0.794. The van der Waals surface area contributed by atoms with Gasteiger partial charge in [-0.3, -0.25) is 0 Å². The van der Waals surface area contributed by atoms with Crippen molar-refractivity contribution in [3.8, 4) is 0 Å². The van der Waals surface area contributed by atoms with Crippen LogP contribution in [0.4, 0.5) is 10.7 Å². The van der Waals surface area contributed by atoms with Gasteiger partial charge in [-0.05, 0) is 18.5 Å². The van der Waals surface area contributed by atoms with E-state index in [0.717, 1.165) is 0 Å². The molecule has 6 nitrogen and oxygen atoms in total. The van der Waals surface area contributed by atoms with Gasteiger partial charge < -0.3 is 4.74 Å². The predicted octanol–water partition coefficient (Wildman–Crippen LogP) is 0.870. The maximum absolute atomic E-state index is 11.3. The number of ether oxygens (including phenoxy) is 1. The average molecular weight is 215 g/mol. The van der Waals surface area contributed by atoms with E-state index in [2.05, 4.69) is 15.0 Å². The van der Waals surface area contributed by atoms with Crippen LogP contribution in [0.2, 0.25) is 5.28 Å². The summed E-state index contributed by atoms with van der Waals surface area (Å²) in [5, 5.41) is 0.0573. The molecule has 1 atom stereocenters. The molecule has 14 heavy (non-hydrogen) atoms. The number of aromatic nitrogens is 3. The number of hydrogen-bond donors (Lipinski definition) is 0. The monoisotopic (exact) mass is 214 g/mol. The number of hydrogen-bond acceptors (Lipinski definition) is 5. The summed E-state index contributed by atoms with van der Waals surface area (Å²) in [6, 6.07) is -0.0824. The van der Waals surface area contributed by atoms with Crippen molar-refractivity contribution < 1.29 is 9.53 Å². The topological polar surface area (TPSA) is 68.2 Å².